The van der Waals surface area contributed by atoms with E-state index in [1.807, 2.05) is 6.92 Å². The first-order valence-corrected chi connectivity index (χ1v) is 3.61. The number of nitrogens with zero attached hydrogens (tertiary/aromatic N) is 1. The summed E-state index contributed by atoms with van der Waals surface area (Å²) in [6.45, 7) is 4.91. The molecule has 0 unspecified atom stereocenters. The molecule has 0 saturated heterocycles. The second kappa shape index (κ2) is 5.60. The van der Waals surface area contributed by atoms with Crippen molar-refractivity contribution < 1.29 is 9.53 Å². The summed E-state index contributed by atoms with van der Waals surface area (Å²) in [6, 6.07) is 0. The summed E-state index contributed by atoms with van der Waals surface area (Å²) in [5.74, 6) is 2.38. The Bertz CT molecular complexity index is 160. The lowest BCUT2D eigenvalue weighted by Crippen LogP contribution is -2.31. The minimum absolute atomic E-state index is 0.315. The lowest BCUT2D eigenvalue weighted by atomic mass is 10.5. The van der Waals surface area contributed by atoms with Gasteiger partial charge in [-0.1, -0.05) is 5.92 Å². The Morgan fingerprint density at radius 1 is 1.64 bits per heavy atom. The Kier molecular flexibility index (Phi) is 5.01. The number of carbonyl (C=O) groups is 1. The molecule has 0 heterocycles. The van der Waals surface area contributed by atoms with Gasteiger partial charge in [0.2, 0.25) is 0 Å². The first-order valence-electron chi connectivity index (χ1n) is 3.61. The summed E-state index contributed by atoms with van der Waals surface area (Å²) in [4.78, 5) is 12.4. The minimum atomic E-state index is -0.340. The summed E-state index contributed by atoms with van der Waals surface area (Å²) in [7, 11) is 0. The number of rotatable bonds is 3. The van der Waals surface area contributed by atoms with Crippen LogP contribution in [-0.4, -0.2) is 30.7 Å². The van der Waals surface area contributed by atoms with Crippen LogP contribution in [0.5, 0.6) is 0 Å². The molecule has 0 saturated carbocycles. The van der Waals surface area contributed by atoms with Gasteiger partial charge in [-0.3, -0.25) is 4.90 Å². The number of amides is 1. The molecule has 0 rings (SSSR count). The Labute approximate surface area is 67.3 Å². The van der Waals surface area contributed by atoms with Gasteiger partial charge in [-0.15, -0.1) is 6.42 Å². The molecule has 0 aliphatic carbocycles. The quantitative estimate of drug-likeness (QED) is 0.571. The van der Waals surface area contributed by atoms with Crippen molar-refractivity contribution in [2.24, 2.45) is 0 Å². The summed E-state index contributed by atoms with van der Waals surface area (Å²) in [6.07, 6.45) is 4.70. The molecule has 0 spiro atoms. The van der Waals surface area contributed by atoms with Crippen LogP contribution >= 0.6 is 0 Å². The first kappa shape index (κ1) is 9.83. The molecule has 3 nitrogen and oxygen atoms in total. The van der Waals surface area contributed by atoms with Gasteiger partial charge in [-0.25, -0.2) is 4.79 Å². The lowest BCUT2D eigenvalue weighted by molar-refractivity contribution is 0.114. The lowest BCUT2D eigenvalue weighted by Gasteiger charge is -2.16. The number of terminal acetylenes is 1. The topological polar surface area (TPSA) is 29.5 Å². The van der Waals surface area contributed by atoms with Crippen molar-refractivity contribution >= 4 is 6.09 Å². The molecule has 0 radical (unpaired) electrons. The number of ether oxygens (including phenoxy) is 1. The van der Waals surface area contributed by atoms with Gasteiger partial charge in [0.25, 0.3) is 0 Å². The van der Waals surface area contributed by atoms with Crippen LogP contribution in [-0.2, 0) is 4.74 Å². The van der Waals surface area contributed by atoms with E-state index in [0.717, 1.165) is 0 Å². The Balaban J connectivity index is 3.83. The molecule has 0 fully saturated rings. The summed E-state index contributed by atoms with van der Waals surface area (Å²) >= 11 is 0. The second-order valence-corrected chi connectivity index (χ2v) is 1.92. The monoisotopic (exact) mass is 155 g/mol. The molecule has 3 heteroatoms. The third kappa shape index (κ3) is 3.51. The van der Waals surface area contributed by atoms with Gasteiger partial charge in [-0.05, 0) is 13.8 Å². The van der Waals surface area contributed by atoms with E-state index < -0.39 is 0 Å². The van der Waals surface area contributed by atoms with Gasteiger partial charge in [0.15, 0.2) is 0 Å². The highest BCUT2D eigenvalue weighted by atomic mass is 16.6. The van der Waals surface area contributed by atoms with E-state index in [2.05, 4.69) is 5.92 Å². The third-order valence-corrected chi connectivity index (χ3v) is 1.19. The Morgan fingerprint density at radius 3 is 2.64 bits per heavy atom. The number of hydrogen-bond acceptors (Lipinski definition) is 2. The molecule has 62 valence electrons. The largest absolute Gasteiger partial charge is 0.450 e. The van der Waals surface area contributed by atoms with Crippen molar-refractivity contribution in [2.45, 2.75) is 13.8 Å². The van der Waals surface area contributed by atoms with Crippen LogP contribution in [0.15, 0.2) is 0 Å². The zero-order chi connectivity index (χ0) is 8.69. The standard InChI is InChI=1S/C8H13NO2/c1-4-7-9(5-2)8(10)11-6-3/h1H,5-7H2,2-3H3. The molecule has 0 aliphatic heterocycles. The average Bonchev–Trinajstić information content (AvgIpc) is 2.00. The fourth-order valence-corrected chi connectivity index (χ4v) is 0.630. The predicted octanol–water partition coefficient (Wildman–Crippen LogP) is 1.10. The first-order chi connectivity index (χ1) is 5.26. The van der Waals surface area contributed by atoms with Gasteiger partial charge in [-0.2, -0.15) is 0 Å². The number of hydrogen-bond donors (Lipinski definition) is 0. The number of carbonyl (C=O) groups excluding carboxylic acids is 1. The maximum atomic E-state index is 11.0. The van der Waals surface area contributed by atoms with E-state index in [4.69, 9.17) is 11.2 Å². The highest BCUT2D eigenvalue weighted by molar-refractivity contribution is 5.67. The molecule has 0 aromatic carbocycles. The van der Waals surface area contributed by atoms with Crippen molar-refractivity contribution in [2.75, 3.05) is 19.7 Å². The van der Waals surface area contributed by atoms with E-state index >= 15 is 0 Å². The van der Waals surface area contributed by atoms with E-state index in [-0.39, 0.29) is 6.09 Å². The molecule has 0 aromatic rings. The maximum absolute atomic E-state index is 11.0. The van der Waals surface area contributed by atoms with Gasteiger partial charge in [0, 0.05) is 6.54 Å². The third-order valence-electron chi connectivity index (χ3n) is 1.19. The molecule has 0 bridgehead atoms. The molecule has 0 N–H and O–H groups in total. The summed E-state index contributed by atoms with van der Waals surface area (Å²) in [5.41, 5.74) is 0. The Morgan fingerprint density at radius 2 is 2.27 bits per heavy atom. The van der Waals surface area contributed by atoms with Crippen LogP contribution in [0, 0.1) is 12.3 Å². The van der Waals surface area contributed by atoms with Crippen LogP contribution in [0.3, 0.4) is 0 Å². The molecular formula is C8H13NO2. The van der Waals surface area contributed by atoms with Gasteiger partial charge in [0.05, 0.1) is 13.2 Å². The van der Waals surface area contributed by atoms with Gasteiger partial charge in [0.1, 0.15) is 0 Å². The molecule has 0 aliphatic rings. The van der Waals surface area contributed by atoms with Gasteiger partial charge >= 0.3 is 6.09 Å². The van der Waals surface area contributed by atoms with E-state index in [9.17, 15) is 4.79 Å². The van der Waals surface area contributed by atoms with Crippen LogP contribution in [0.1, 0.15) is 13.8 Å². The normalized spacial score (nSPS) is 8.45. The highest BCUT2D eigenvalue weighted by Gasteiger charge is 2.09. The van der Waals surface area contributed by atoms with Crippen molar-refractivity contribution in [1.82, 2.24) is 4.90 Å². The average molecular weight is 155 g/mol. The minimum Gasteiger partial charge on any atom is -0.450 e. The van der Waals surface area contributed by atoms with E-state index in [1.165, 1.54) is 4.90 Å². The highest BCUT2D eigenvalue weighted by Crippen LogP contribution is 1.91. The fourth-order valence-electron chi connectivity index (χ4n) is 0.630. The summed E-state index contributed by atoms with van der Waals surface area (Å²) in [5, 5.41) is 0. The summed E-state index contributed by atoms with van der Waals surface area (Å²) < 4.78 is 4.74. The predicted molar refractivity (Wildman–Crippen MR) is 43.1 cm³/mol. The maximum Gasteiger partial charge on any atom is 0.410 e. The van der Waals surface area contributed by atoms with Crippen molar-refractivity contribution in [3.8, 4) is 12.3 Å². The van der Waals surface area contributed by atoms with Crippen molar-refractivity contribution in [3.63, 3.8) is 0 Å². The zero-order valence-corrected chi connectivity index (χ0v) is 6.96. The molecule has 1 amide bonds. The smallest absolute Gasteiger partial charge is 0.410 e. The van der Waals surface area contributed by atoms with Crippen molar-refractivity contribution in [1.29, 1.82) is 0 Å². The molecular weight excluding hydrogens is 142 g/mol. The fraction of sp³-hybridized carbons (Fsp3) is 0.625. The second-order valence-electron chi connectivity index (χ2n) is 1.92. The van der Waals surface area contributed by atoms with Gasteiger partial charge < -0.3 is 4.74 Å². The zero-order valence-electron chi connectivity index (χ0n) is 6.96. The van der Waals surface area contributed by atoms with Crippen molar-refractivity contribution in [3.05, 3.63) is 0 Å². The van der Waals surface area contributed by atoms with E-state index in [1.54, 1.807) is 6.92 Å². The SMILES string of the molecule is C#CCN(CC)C(=O)OCC. The van der Waals surface area contributed by atoms with Crippen LogP contribution in [0.4, 0.5) is 4.79 Å². The van der Waals surface area contributed by atoms with E-state index in [0.29, 0.717) is 19.7 Å². The van der Waals surface area contributed by atoms with Crippen LogP contribution < -0.4 is 0 Å². The molecule has 0 atom stereocenters. The van der Waals surface area contributed by atoms with Crippen LogP contribution in [0.25, 0.3) is 0 Å². The molecule has 11 heavy (non-hydrogen) atoms. The Hall–Kier alpha value is -1.17. The van der Waals surface area contributed by atoms with Crippen LogP contribution in [0.2, 0.25) is 0 Å². The molecule has 0 aromatic heterocycles.